The van der Waals surface area contributed by atoms with Gasteiger partial charge in [0.2, 0.25) is 0 Å². The Labute approximate surface area is 186 Å². The van der Waals surface area contributed by atoms with Crippen molar-refractivity contribution in [3.05, 3.63) is 47.8 Å². The van der Waals surface area contributed by atoms with Crippen molar-refractivity contribution in [1.82, 2.24) is 29.6 Å². The molecule has 0 bridgehead atoms. The predicted molar refractivity (Wildman–Crippen MR) is 116 cm³/mol. The number of benzene rings is 1. The zero-order chi connectivity index (χ0) is 22.2. The van der Waals surface area contributed by atoms with E-state index in [1.165, 1.54) is 0 Å². The van der Waals surface area contributed by atoms with Gasteiger partial charge < -0.3 is 18.9 Å². The highest BCUT2D eigenvalue weighted by molar-refractivity contribution is 5.92. The van der Waals surface area contributed by atoms with Crippen LogP contribution in [0.15, 0.2) is 30.6 Å². The second-order valence-corrected chi connectivity index (χ2v) is 8.27. The van der Waals surface area contributed by atoms with Crippen molar-refractivity contribution >= 4 is 5.91 Å². The number of methoxy groups -OCH3 is 2. The van der Waals surface area contributed by atoms with Crippen LogP contribution in [0, 0.1) is 6.92 Å². The van der Waals surface area contributed by atoms with Gasteiger partial charge in [-0.3, -0.25) is 9.78 Å². The average Bonchev–Trinajstić information content (AvgIpc) is 3.27. The van der Waals surface area contributed by atoms with Gasteiger partial charge in [0.25, 0.3) is 5.91 Å². The fraction of sp³-hybridized carbons (Fsp3) is 0.435. The van der Waals surface area contributed by atoms with Crippen molar-refractivity contribution in [2.24, 2.45) is 0 Å². The molecule has 3 heterocycles. The molecule has 0 radical (unpaired) electrons. The van der Waals surface area contributed by atoms with Crippen LogP contribution in [0.1, 0.15) is 53.7 Å². The molecular weight excluding hydrogens is 408 g/mol. The zero-order valence-electron chi connectivity index (χ0n) is 18.5. The van der Waals surface area contributed by atoms with Crippen molar-refractivity contribution < 1.29 is 14.3 Å². The molecule has 0 spiro atoms. The van der Waals surface area contributed by atoms with Crippen LogP contribution in [0.4, 0.5) is 0 Å². The van der Waals surface area contributed by atoms with Crippen LogP contribution < -0.4 is 9.47 Å². The number of amides is 1. The van der Waals surface area contributed by atoms with Gasteiger partial charge in [-0.25, -0.2) is 4.98 Å². The Hall–Kier alpha value is -3.49. The van der Waals surface area contributed by atoms with E-state index in [-0.39, 0.29) is 18.0 Å². The molecule has 0 unspecified atom stereocenters. The van der Waals surface area contributed by atoms with Gasteiger partial charge in [-0.05, 0) is 38.0 Å². The van der Waals surface area contributed by atoms with E-state index in [9.17, 15) is 4.79 Å². The van der Waals surface area contributed by atoms with Crippen molar-refractivity contribution in [2.45, 2.75) is 51.2 Å². The van der Waals surface area contributed by atoms with Gasteiger partial charge in [0.05, 0.1) is 44.7 Å². The number of carbonyl (C=O) groups excluding carboxylic acids is 1. The molecule has 5 rings (SSSR count). The number of fused-ring (bicyclic) bond motifs is 3. The lowest BCUT2D eigenvalue weighted by Crippen LogP contribution is -2.50. The maximum atomic E-state index is 13.3. The van der Waals surface area contributed by atoms with E-state index in [4.69, 9.17) is 9.47 Å². The van der Waals surface area contributed by atoms with Gasteiger partial charge in [0.15, 0.2) is 23.1 Å². The summed E-state index contributed by atoms with van der Waals surface area (Å²) in [5.74, 6) is 2.79. The number of hydrogen-bond acceptors (Lipinski definition) is 7. The lowest BCUT2D eigenvalue weighted by Gasteiger charge is -2.44. The summed E-state index contributed by atoms with van der Waals surface area (Å²) in [7, 11) is 3.24. The molecule has 2 aliphatic rings. The van der Waals surface area contributed by atoms with E-state index in [2.05, 4.69) is 24.7 Å². The summed E-state index contributed by atoms with van der Waals surface area (Å²) in [6, 6.07) is 5.96. The van der Waals surface area contributed by atoms with Crippen LogP contribution in [-0.2, 0) is 6.54 Å². The van der Waals surface area contributed by atoms with Crippen LogP contribution in [0.5, 0.6) is 11.5 Å². The van der Waals surface area contributed by atoms with Crippen LogP contribution in [0.25, 0.3) is 11.4 Å². The number of aryl methyl sites for hydroxylation is 1. The highest BCUT2D eigenvalue weighted by Gasteiger charge is 2.41. The van der Waals surface area contributed by atoms with E-state index in [1.54, 1.807) is 26.6 Å². The third-order valence-corrected chi connectivity index (χ3v) is 6.41. The molecule has 2 atom stereocenters. The van der Waals surface area contributed by atoms with Crippen LogP contribution in [-0.4, -0.2) is 55.8 Å². The number of hydrogen-bond donors (Lipinski definition) is 0. The number of carbonyl (C=O) groups is 1. The molecule has 1 aliphatic heterocycles. The minimum Gasteiger partial charge on any atom is -0.493 e. The molecular formula is C23H26N6O3. The van der Waals surface area contributed by atoms with Crippen molar-refractivity contribution in [1.29, 1.82) is 0 Å². The Morgan fingerprint density at radius 3 is 2.50 bits per heavy atom. The van der Waals surface area contributed by atoms with E-state index >= 15 is 0 Å². The fourth-order valence-electron chi connectivity index (χ4n) is 4.85. The topological polar surface area (TPSA) is 95.3 Å². The van der Waals surface area contributed by atoms with Crippen molar-refractivity contribution in [3.8, 4) is 22.9 Å². The van der Waals surface area contributed by atoms with Gasteiger partial charge in [0.1, 0.15) is 5.69 Å². The molecule has 1 fully saturated rings. The third kappa shape index (κ3) is 3.37. The van der Waals surface area contributed by atoms with Crippen LogP contribution in [0.2, 0.25) is 0 Å². The van der Waals surface area contributed by atoms with Gasteiger partial charge >= 0.3 is 0 Å². The standard InChI is InChI=1S/C23H26N6O3/c1-14-11-25-16(12-24-14)23(30)28-13-21-26-27-22(29(21)18-7-5-4-6-17(18)28)15-8-9-19(31-2)20(10-15)32-3/h8-12,17-18H,4-7,13H2,1-3H3/t17-,18+/m0/s1. The van der Waals surface area contributed by atoms with E-state index < -0.39 is 0 Å². The minimum absolute atomic E-state index is 0.0711. The van der Waals surface area contributed by atoms with Gasteiger partial charge in [0, 0.05) is 11.8 Å². The molecule has 1 aromatic carbocycles. The molecule has 0 saturated heterocycles. The molecule has 0 N–H and O–H groups in total. The molecule has 9 heteroatoms. The maximum Gasteiger partial charge on any atom is 0.274 e. The van der Waals surface area contributed by atoms with Gasteiger partial charge in [-0.2, -0.15) is 0 Å². The summed E-state index contributed by atoms with van der Waals surface area (Å²) >= 11 is 0. The van der Waals surface area contributed by atoms with Gasteiger partial charge in [-0.15, -0.1) is 10.2 Å². The number of nitrogens with zero attached hydrogens (tertiary/aromatic N) is 6. The summed E-state index contributed by atoms with van der Waals surface area (Å²) < 4.78 is 13.1. The highest BCUT2D eigenvalue weighted by Crippen LogP contribution is 2.41. The monoisotopic (exact) mass is 434 g/mol. The molecule has 32 heavy (non-hydrogen) atoms. The van der Waals surface area contributed by atoms with Crippen molar-refractivity contribution in [3.63, 3.8) is 0 Å². The summed E-state index contributed by atoms with van der Waals surface area (Å²) in [5, 5.41) is 8.99. The van der Waals surface area contributed by atoms with E-state index in [1.807, 2.05) is 30.0 Å². The first-order chi connectivity index (χ1) is 15.6. The normalized spacial score (nSPS) is 19.8. The number of aromatic nitrogens is 5. The first-order valence-electron chi connectivity index (χ1n) is 10.9. The molecule has 1 saturated carbocycles. The lowest BCUT2D eigenvalue weighted by molar-refractivity contribution is 0.0414. The smallest absolute Gasteiger partial charge is 0.274 e. The van der Waals surface area contributed by atoms with Crippen LogP contribution >= 0.6 is 0 Å². The lowest BCUT2D eigenvalue weighted by atomic mass is 9.87. The second kappa shape index (κ2) is 8.22. The Bertz CT molecular complexity index is 1140. The number of rotatable bonds is 4. The number of ether oxygens (including phenoxy) is 2. The first-order valence-corrected chi connectivity index (χ1v) is 10.9. The fourth-order valence-corrected chi connectivity index (χ4v) is 4.85. The molecule has 1 amide bonds. The summed E-state index contributed by atoms with van der Waals surface area (Å²) in [6.45, 7) is 2.26. The average molecular weight is 435 g/mol. The zero-order valence-corrected chi connectivity index (χ0v) is 18.5. The molecule has 3 aromatic rings. The second-order valence-electron chi connectivity index (χ2n) is 8.27. The van der Waals surface area contributed by atoms with E-state index in [0.29, 0.717) is 23.7 Å². The third-order valence-electron chi connectivity index (χ3n) is 6.41. The summed E-state index contributed by atoms with van der Waals surface area (Å²) in [6.07, 6.45) is 7.30. The SMILES string of the molecule is COc1ccc(-c2nnc3n2[C@@H]2CCCC[C@@H]2N(C(=O)c2cnc(C)cn2)C3)cc1OC. The largest absolute Gasteiger partial charge is 0.493 e. The van der Waals surface area contributed by atoms with Crippen LogP contribution in [0.3, 0.4) is 0 Å². The highest BCUT2D eigenvalue weighted by atomic mass is 16.5. The first kappa shape index (κ1) is 20.4. The minimum atomic E-state index is -0.101. The summed E-state index contributed by atoms with van der Waals surface area (Å²) in [4.78, 5) is 23.8. The molecule has 1 aliphatic carbocycles. The Morgan fingerprint density at radius 1 is 1.00 bits per heavy atom. The predicted octanol–water partition coefficient (Wildman–Crippen LogP) is 3.20. The van der Waals surface area contributed by atoms with E-state index in [0.717, 1.165) is 48.6 Å². The molecule has 166 valence electrons. The quantitative estimate of drug-likeness (QED) is 0.622. The molecule has 2 aromatic heterocycles. The molecule has 9 nitrogen and oxygen atoms in total. The maximum absolute atomic E-state index is 13.3. The summed E-state index contributed by atoms with van der Waals surface area (Å²) in [5.41, 5.74) is 2.07. The van der Waals surface area contributed by atoms with Crippen molar-refractivity contribution in [2.75, 3.05) is 14.2 Å². The Morgan fingerprint density at radius 2 is 1.78 bits per heavy atom. The Balaban J connectivity index is 1.54. The Kier molecular flexibility index (Phi) is 5.24. The van der Waals surface area contributed by atoms with Gasteiger partial charge in [-0.1, -0.05) is 12.8 Å².